The number of nitrogens with zero attached hydrogens (tertiary/aromatic N) is 2. The summed E-state index contributed by atoms with van der Waals surface area (Å²) in [4.78, 5) is 18.3. The quantitative estimate of drug-likeness (QED) is 0.350. The molecule has 0 atom stereocenters. The Morgan fingerprint density at radius 2 is 1.79 bits per heavy atom. The Morgan fingerprint density at radius 3 is 2.44 bits per heavy atom. The van der Waals surface area contributed by atoms with E-state index >= 15 is 0 Å². The predicted octanol–water partition coefficient (Wildman–Crippen LogP) is 5.12. The SMILES string of the molecule is COc1cc(-c2cc(C(=O)NCc3sc(-c4ccccc4Cl)nc3C)[nH]n2)cc(OC)c1OC. The Hall–Kier alpha value is -3.56. The van der Waals surface area contributed by atoms with Crippen LogP contribution in [-0.2, 0) is 6.54 Å². The number of rotatable bonds is 8. The summed E-state index contributed by atoms with van der Waals surface area (Å²) in [6, 6.07) is 12.8. The average Bonchev–Trinajstić information content (AvgIpc) is 3.49. The Kier molecular flexibility index (Phi) is 7.04. The van der Waals surface area contributed by atoms with Crippen LogP contribution in [0.5, 0.6) is 17.2 Å². The number of nitrogens with one attached hydrogen (secondary N) is 2. The number of hydrogen-bond donors (Lipinski definition) is 2. The van der Waals surface area contributed by atoms with Gasteiger partial charge < -0.3 is 19.5 Å². The molecule has 2 N–H and O–H groups in total. The summed E-state index contributed by atoms with van der Waals surface area (Å²) in [6.45, 7) is 2.25. The Balaban J connectivity index is 1.49. The van der Waals surface area contributed by atoms with Crippen LogP contribution in [0.2, 0.25) is 5.02 Å². The summed E-state index contributed by atoms with van der Waals surface area (Å²) in [6.07, 6.45) is 0. The van der Waals surface area contributed by atoms with Crippen molar-refractivity contribution in [2.45, 2.75) is 13.5 Å². The standard InChI is InChI=1S/C24H23ClN4O4S/c1-13-21(34-24(27-13)15-7-5-6-8-16(15)25)12-26-23(30)18-11-17(28-29-18)14-9-19(31-2)22(33-4)20(10-14)32-3/h5-11H,12H2,1-4H3,(H,26,30)(H,28,29). The van der Waals surface area contributed by atoms with E-state index in [-0.39, 0.29) is 5.91 Å². The van der Waals surface area contributed by atoms with E-state index in [0.29, 0.717) is 45.8 Å². The van der Waals surface area contributed by atoms with Crippen molar-refractivity contribution >= 4 is 28.8 Å². The predicted molar refractivity (Wildman–Crippen MR) is 132 cm³/mol. The summed E-state index contributed by atoms with van der Waals surface area (Å²) in [7, 11) is 4.63. The van der Waals surface area contributed by atoms with Crippen molar-refractivity contribution in [1.29, 1.82) is 0 Å². The van der Waals surface area contributed by atoms with Crippen molar-refractivity contribution in [3.05, 3.63) is 63.8 Å². The van der Waals surface area contributed by atoms with Crippen LogP contribution in [-0.4, -0.2) is 42.4 Å². The van der Waals surface area contributed by atoms with Crippen molar-refractivity contribution in [2.24, 2.45) is 0 Å². The van der Waals surface area contributed by atoms with Crippen molar-refractivity contribution < 1.29 is 19.0 Å². The minimum absolute atomic E-state index is 0.279. The number of H-pyrrole nitrogens is 1. The first kappa shape index (κ1) is 23.6. The molecule has 0 radical (unpaired) electrons. The molecule has 8 nitrogen and oxygen atoms in total. The van der Waals surface area contributed by atoms with E-state index in [2.05, 4.69) is 20.5 Å². The first-order chi connectivity index (χ1) is 16.4. The molecule has 0 aliphatic heterocycles. The van der Waals surface area contributed by atoms with Gasteiger partial charge in [0.05, 0.1) is 44.3 Å². The third kappa shape index (κ3) is 4.71. The van der Waals surface area contributed by atoms with Gasteiger partial charge in [-0.1, -0.05) is 29.8 Å². The highest BCUT2D eigenvalue weighted by Crippen LogP contribution is 2.41. The van der Waals surface area contributed by atoms with Gasteiger partial charge in [-0.2, -0.15) is 5.10 Å². The lowest BCUT2D eigenvalue weighted by Crippen LogP contribution is -2.23. The van der Waals surface area contributed by atoms with Gasteiger partial charge in [0.2, 0.25) is 5.75 Å². The number of halogens is 1. The van der Waals surface area contributed by atoms with Crippen LogP contribution in [0, 0.1) is 6.92 Å². The zero-order chi connectivity index (χ0) is 24.2. The number of carbonyl (C=O) groups excluding carboxylic acids is 1. The number of amides is 1. The minimum atomic E-state index is -0.279. The molecule has 2 aromatic heterocycles. The Bertz CT molecular complexity index is 1310. The van der Waals surface area contributed by atoms with Crippen LogP contribution in [0.3, 0.4) is 0 Å². The van der Waals surface area contributed by atoms with Crippen LogP contribution < -0.4 is 19.5 Å². The maximum atomic E-state index is 12.8. The maximum Gasteiger partial charge on any atom is 0.269 e. The molecule has 176 valence electrons. The van der Waals surface area contributed by atoms with E-state index in [1.165, 1.54) is 11.3 Å². The summed E-state index contributed by atoms with van der Waals surface area (Å²) in [5.74, 6) is 1.21. The fourth-order valence-corrected chi connectivity index (χ4v) is 4.74. The van der Waals surface area contributed by atoms with Gasteiger partial charge in [0.25, 0.3) is 5.91 Å². The molecule has 34 heavy (non-hydrogen) atoms. The van der Waals surface area contributed by atoms with Gasteiger partial charge in [-0.15, -0.1) is 11.3 Å². The minimum Gasteiger partial charge on any atom is -0.493 e. The molecule has 0 aliphatic rings. The van der Waals surface area contributed by atoms with Crippen molar-refractivity contribution in [2.75, 3.05) is 21.3 Å². The number of thiazole rings is 1. The zero-order valence-corrected chi connectivity index (χ0v) is 20.6. The fraction of sp³-hybridized carbons (Fsp3) is 0.208. The van der Waals surface area contributed by atoms with Crippen LogP contribution in [0.15, 0.2) is 42.5 Å². The van der Waals surface area contributed by atoms with Crippen molar-refractivity contribution in [1.82, 2.24) is 20.5 Å². The first-order valence-corrected chi connectivity index (χ1v) is 11.5. The van der Waals surface area contributed by atoms with Crippen LogP contribution in [0.25, 0.3) is 21.8 Å². The smallest absolute Gasteiger partial charge is 0.269 e. The Labute approximate surface area is 205 Å². The number of aromatic amines is 1. The van der Waals surface area contributed by atoms with Crippen LogP contribution in [0.4, 0.5) is 0 Å². The van der Waals surface area contributed by atoms with E-state index in [0.717, 1.165) is 21.1 Å². The number of benzene rings is 2. The molecule has 4 aromatic rings. The summed E-state index contributed by atoms with van der Waals surface area (Å²) in [5.41, 5.74) is 3.34. The summed E-state index contributed by atoms with van der Waals surface area (Å²) >= 11 is 7.80. The third-order valence-corrected chi connectivity index (χ3v) is 6.71. The molecular formula is C24H23ClN4O4S. The molecule has 0 aliphatic carbocycles. The number of methoxy groups -OCH3 is 3. The molecule has 0 unspecified atom stereocenters. The average molecular weight is 499 g/mol. The normalized spacial score (nSPS) is 10.7. The lowest BCUT2D eigenvalue weighted by atomic mass is 10.1. The van der Waals surface area contributed by atoms with Crippen LogP contribution >= 0.6 is 22.9 Å². The molecule has 4 rings (SSSR count). The van der Waals surface area contributed by atoms with Gasteiger partial charge in [-0.3, -0.25) is 9.89 Å². The molecule has 10 heteroatoms. The number of aromatic nitrogens is 3. The zero-order valence-electron chi connectivity index (χ0n) is 19.1. The molecule has 1 amide bonds. The highest BCUT2D eigenvalue weighted by atomic mass is 35.5. The molecular weight excluding hydrogens is 476 g/mol. The molecule has 0 bridgehead atoms. The van der Waals surface area contributed by atoms with Crippen molar-refractivity contribution in [3.63, 3.8) is 0 Å². The van der Waals surface area contributed by atoms with Gasteiger partial charge in [0.1, 0.15) is 10.7 Å². The summed E-state index contributed by atoms with van der Waals surface area (Å²) in [5, 5.41) is 11.5. The molecule has 0 fully saturated rings. The number of carbonyl (C=O) groups is 1. The third-order valence-electron chi connectivity index (χ3n) is 5.19. The summed E-state index contributed by atoms with van der Waals surface area (Å²) < 4.78 is 16.2. The fourth-order valence-electron chi connectivity index (χ4n) is 3.41. The van der Waals surface area contributed by atoms with Gasteiger partial charge in [0.15, 0.2) is 11.5 Å². The van der Waals surface area contributed by atoms with E-state index < -0.39 is 0 Å². The van der Waals surface area contributed by atoms with E-state index in [4.69, 9.17) is 25.8 Å². The van der Waals surface area contributed by atoms with E-state index in [1.807, 2.05) is 31.2 Å². The van der Waals surface area contributed by atoms with E-state index in [1.54, 1.807) is 39.5 Å². The van der Waals surface area contributed by atoms with Gasteiger partial charge in [-0.25, -0.2) is 4.98 Å². The van der Waals surface area contributed by atoms with E-state index in [9.17, 15) is 4.79 Å². The molecule has 0 saturated carbocycles. The molecule has 0 spiro atoms. The Morgan fingerprint density at radius 1 is 1.09 bits per heavy atom. The number of hydrogen-bond acceptors (Lipinski definition) is 7. The molecule has 2 heterocycles. The molecule has 2 aromatic carbocycles. The monoisotopic (exact) mass is 498 g/mol. The second-order valence-electron chi connectivity index (χ2n) is 7.27. The highest BCUT2D eigenvalue weighted by molar-refractivity contribution is 7.15. The second-order valence-corrected chi connectivity index (χ2v) is 8.76. The largest absolute Gasteiger partial charge is 0.493 e. The van der Waals surface area contributed by atoms with Gasteiger partial charge >= 0.3 is 0 Å². The lowest BCUT2D eigenvalue weighted by molar-refractivity contribution is 0.0946. The highest BCUT2D eigenvalue weighted by Gasteiger charge is 2.18. The van der Waals surface area contributed by atoms with Crippen molar-refractivity contribution in [3.8, 4) is 39.1 Å². The lowest BCUT2D eigenvalue weighted by Gasteiger charge is -2.13. The molecule has 0 saturated heterocycles. The second kappa shape index (κ2) is 10.1. The van der Waals surface area contributed by atoms with Crippen LogP contribution in [0.1, 0.15) is 21.1 Å². The first-order valence-electron chi connectivity index (χ1n) is 10.3. The van der Waals surface area contributed by atoms with Gasteiger partial charge in [0, 0.05) is 16.0 Å². The maximum absolute atomic E-state index is 12.8. The topological polar surface area (TPSA) is 98.4 Å². The number of ether oxygens (including phenoxy) is 3. The number of aryl methyl sites for hydroxylation is 1. The van der Waals surface area contributed by atoms with Gasteiger partial charge in [-0.05, 0) is 31.2 Å².